The SMILES string of the molecule is CC(C)=CCCC(C)CCOC(=O)c1ccccc1CO. The smallest absolute Gasteiger partial charge is 0.338 e. The van der Waals surface area contributed by atoms with Gasteiger partial charge in [0.25, 0.3) is 0 Å². The minimum atomic E-state index is -0.351. The van der Waals surface area contributed by atoms with E-state index in [1.165, 1.54) is 5.57 Å². The van der Waals surface area contributed by atoms with Gasteiger partial charge in [-0.3, -0.25) is 0 Å². The van der Waals surface area contributed by atoms with Gasteiger partial charge in [0.05, 0.1) is 18.8 Å². The molecule has 1 unspecified atom stereocenters. The molecule has 1 atom stereocenters. The third-order valence-electron chi connectivity index (χ3n) is 3.46. The molecule has 1 N–H and O–H groups in total. The first-order valence-corrected chi connectivity index (χ1v) is 7.53. The Kier molecular flexibility index (Phi) is 7.76. The van der Waals surface area contributed by atoms with Crippen LogP contribution in [0.1, 0.15) is 56.0 Å². The van der Waals surface area contributed by atoms with E-state index in [9.17, 15) is 9.90 Å². The van der Waals surface area contributed by atoms with Crippen LogP contribution in [0, 0.1) is 5.92 Å². The molecule has 0 heterocycles. The van der Waals surface area contributed by atoms with Crippen LogP contribution in [-0.4, -0.2) is 17.7 Å². The quantitative estimate of drug-likeness (QED) is 0.579. The van der Waals surface area contributed by atoms with Gasteiger partial charge in [0.1, 0.15) is 0 Å². The second-order valence-corrected chi connectivity index (χ2v) is 5.70. The molecule has 0 amide bonds. The molecule has 1 aromatic rings. The van der Waals surface area contributed by atoms with E-state index in [1.54, 1.807) is 24.3 Å². The van der Waals surface area contributed by atoms with Gasteiger partial charge in [0, 0.05) is 0 Å². The van der Waals surface area contributed by atoms with Crippen molar-refractivity contribution in [2.75, 3.05) is 6.61 Å². The highest BCUT2D eigenvalue weighted by Gasteiger charge is 2.12. The van der Waals surface area contributed by atoms with Crippen molar-refractivity contribution < 1.29 is 14.6 Å². The van der Waals surface area contributed by atoms with Crippen molar-refractivity contribution >= 4 is 5.97 Å². The first-order valence-electron chi connectivity index (χ1n) is 7.53. The number of aliphatic hydroxyl groups excluding tert-OH is 1. The molecule has 3 heteroatoms. The number of benzene rings is 1. The Morgan fingerprint density at radius 1 is 1.29 bits per heavy atom. The van der Waals surface area contributed by atoms with Gasteiger partial charge in [-0.15, -0.1) is 0 Å². The highest BCUT2D eigenvalue weighted by molar-refractivity contribution is 5.91. The fourth-order valence-corrected chi connectivity index (χ4v) is 2.09. The number of esters is 1. The number of carbonyl (C=O) groups is 1. The van der Waals surface area contributed by atoms with E-state index in [2.05, 4.69) is 26.8 Å². The van der Waals surface area contributed by atoms with E-state index in [-0.39, 0.29) is 12.6 Å². The maximum atomic E-state index is 12.0. The first kappa shape index (κ1) is 17.4. The maximum Gasteiger partial charge on any atom is 0.338 e. The standard InChI is InChI=1S/C18H26O3/c1-14(2)7-6-8-15(3)11-12-21-18(20)17-10-5-4-9-16(17)13-19/h4-5,7,9-10,15,19H,6,8,11-13H2,1-3H3. The van der Waals surface area contributed by atoms with Gasteiger partial charge < -0.3 is 9.84 Å². The molecule has 0 aliphatic carbocycles. The average Bonchev–Trinajstić information content (AvgIpc) is 2.46. The lowest BCUT2D eigenvalue weighted by molar-refractivity contribution is 0.0480. The van der Waals surface area contributed by atoms with Gasteiger partial charge >= 0.3 is 5.97 Å². The molecular weight excluding hydrogens is 264 g/mol. The highest BCUT2D eigenvalue weighted by Crippen LogP contribution is 2.14. The summed E-state index contributed by atoms with van der Waals surface area (Å²) in [5.41, 5.74) is 2.41. The number of allylic oxidation sites excluding steroid dienone is 2. The number of hydrogen-bond donors (Lipinski definition) is 1. The van der Waals surface area contributed by atoms with E-state index in [4.69, 9.17) is 4.74 Å². The molecule has 116 valence electrons. The number of ether oxygens (including phenoxy) is 1. The van der Waals surface area contributed by atoms with E-state index in [0.717, 1.165) is 19.3 Å². The second kappa shape index (κ2) is 9.35. The van der Waals surface area contributed by atoms with Gasteiger partial charge in [-0.1, -0.05) is 36.8 Å². The minimum Gasteiger partial charge on any atom is -0.462 e. The molecule has 0 fully saturated rings. The van der Waals surface area contributed by atoms with E-state index < -0.39 is 0 Å². The van der Waals surface area contributed by atoms with Crippen LogP contribution in [-0.2, 0) is 11.3 Å². The normalized spacial score (nSPS) is 11.8. The van der Waals surface area contributed by atoms with E-state index in [1.807, 2.05) is 0 Å². The molecule has 0 spiro atoms. The predicted molar refractivity (Wildman–Crippen MR) is 85.1 cm³/mol. The molecule has 0 saturated carbocycles. The summed E-state index contributed by atoms with van der Waals surface area (Å²) in [6.45, 7) is 6.66. The van der Waals surface area contributed by atoms with Crippen molar-refractivity contribution in [1.82, 2.24) is 0 Å². The molecule has 0 bridgehead atoms. The van der Waals surface area contributed by atoms with E-state index in [0.29, 0.717) is 23.7 Å². The molecule has 1 aromatic carbocycles. The summed E-state index contributed by atoms with van der Waals surface area (Å²) in [6, 6.07) is 7.00. The Labute approximate surface area is 127 Å². The Hall–Kier alpha value is -1.61. The van der Waals surface area contributed by atoms with Crippen LogP contribution >= 0.6 is 0 Å². The van der Waals surface area contributed by atoms with Crippen LogP contribution in [0.5, 0.6) is 0 Å². The van der Waals surface area contributed by atoms with Crippen molar-refractivity contribution in [1.29, 1.82) is 0 Å². The van der Waals surface area contributed by atoms with Crippen LogP contribution in [0.4, 0.5) is 0 Å². The van der Waals surface area contributed by atoms with E-state index >= 15 is 0 Å². The van der Waals surface area contributed by atoms with Crippen molar-refractivity contribution in [3.8, 4) is 0 Å². The lowest BCUT2D eigenvalue weighted by Gasteiger charge is -2.11. The molecule has 0 saturated heterocycles. The summed E-state index contributed by atoms with van der Waals surface area (Å²) >= 11 is 0. The molecule has 0 aliphatic rings. The van der Waals surface area contributed by atoms with Crippen LogP contribution in [0.15, 0.2) is 35.9 Å². The summed E-state index contributed by atoms with van der Waals surface area (Å²) < 4.78 is 5.30. The fraction of sp³-hybridized carbons (Fsp3) is 0.500. The summed E-state index contributed by atoms with van der Waals surface area (Å²) in [4.78, 5) is 12.0. The first-order chi connectivity index (χ1) is 10.0. The summed E-state index contributed by atoms with van der Waals surface area (Å²) in [6.07, 6.45) is 5.28. The third-order valence-corrected chi connectivity index (χ3v) is 3.46. The predicted octanol–water partition coefficient (Wildman–Crippen LogP) is 4.11. The molecular formula is C18H26O3. The number of aliphatic hydroxyl groups is 1. The second-order valence-electron chi connectivity index (χ2n) is 5.70. The lowest BCUT2D eigenvalue weighted by atomic mass is 10.0. The van der Waals surface area contributed by atoms with Gasteiger partial charge in [0.2, 0.25) is 0 Å². The van der Waals surface area contributed by atoms with Crippen LogP contribution < -0.4 is 0 Å². The number of rotatable bonds is 8. The summed E-state index contributed by atoms with van der Waals surface area (Å²) in [7, 11) is 0. The summed E-state index contributed by atoms with van der Waals surface area (Å²) in [5, 5.41) is 9.21. The molecule has 0 aliphatic heterocycles. The average molecular weight is 290 g/mol. The zero-order valence-electron chi connectivity index (χ0n) is 13.3. The van der Waals surface area contributed by atoms with Crippen LogP contribution in [0.25, 0.3) is 0 Å². The molecule has 0 aromatic heterocycles. The largest absolute Gasteiger partial charge is 0.462 e. The zero-order valence-corrected chi connectivity index (χ0v) is 13.3. The molecule has 1 rings (SSSR count). The lowest BCUT2D eigenvalue weighted by Crippen LogP contribution is -2.11. The number of hydrogen-bond acceptors (Lipinski definition) is 3. The van der Waals surface area contributed by atoms with Crippen LogP contribution in [0.2, 0.25) is 0 Å². The molecule has 0 radical (unpaired) electrons. The monoisotopic (exact) mass is 290 g/mol. The van der Waals surface area contributed by atoms with Gasteiger partial charge in [-0.05, 0) is 50.7 Å². The molecule has 3 nitrogen and oxygen atoms in total. The van der Waals surface area contributed by atoms with Crippen molar-refractivity contribution in [2.24, 2.45) is 5.92 Å². The Bertz CT molecular complexity index is 473. The third kappa shape index (κ3) is 6.58. The summed E-state index contributed by atoms with van der Waals surface area (Å²) in [5.74, 6) is 0.178. The van der Waals surface area contributed by atoms with Crippen LogP contribution in [0.3, 0.4) is 0 Å². The van der Waals surface area contributed by atoms with Gasteiger partial charge in [-0.25, -0.2) is 4.79 Å². The van der Waals surface area contributed by atoms with Gasteiger partial charge in [-0.2, -0.15) is 0 Å². The van der Waals surface area contributed by atoms with Gasteiger partial charge in [0.15, 0.2) is 0 Å². The maximum absolute atomic E-state index is 12.0. The highest BCUT2D eigenvalue weighted by atomic mass is 16.5. The fourth-order valence-electron chi connectivity index (χ4n) is 2.09. The minimum absolute atomic E-state index is 0.148. The Morgan fingerprint density at radius 3 is 2.67 bits per heavy atom. The van der Waals surface area contributed by atoms with Crippen molar-refractivity contribution in [2.45, 2.75) is 46.6 Å². The van der Waals surface area contributed by atoms with Crippen molar-refractivity contribution in [3.63, 3.8) is 0 Å². The Morgan fingerprint density at radius 2 is 2.00 bits per heavy atom. The zero-order chi connectivity index (χ0) is 15.7. The molecule has 21 heavy (non-hydrogen) atoms. The topological polar surface area (TPSA) is 46.5 Å². The van der Waals surface area contributed by atoms with Crippen molar-refractivity contribution in [3.05, 3.63) is 47.0 Å². The number of carbonyl (C=O) groups excluding carboxylic acids is 1. The Balaban J connectivity index is 2.35.